The number of fused-ring (bicyclic) bond motifs is 1. The molecule has 2 aliphatic rings. The molecule has 0 radical (unpaired) electrons. The van der Waals surface area contributed by atoms with Gasteiger partial charge < -0.3 is 15.4 Å². The van der Waals surface area contributed by atoms with Crippen LogP contribution >= 0.6 is 15.9 Å². The summed E-state index contributed by atoms with van der Waals surface area (Å²) >= 11 is 3.41. The van der Waals surface area contributed by atoms with Gasteiger partial charge in [0.25, 0.3) is 0 Å². The molecule has 2 aromatic carbocycles. The van der Waals surface area contributed by atoms with Gasteiger partial charge in [-0.1, -0.05) is 64.5 Å². The van der Waals surface area contributed by atoms with Crippen LogP contribution in [0, 0.1) is 45.3 Å². The van der Waals surface area contributed by atoms with E-state index in [0.29, 0.717) is 5.57 Å². The number of hydrogen-bond acceptors (Lipinski definition) is 6. The van der Waals surface area contributed by atoms with E-state index in [4.69, 9.17) is 10.5 Å². The molecule has 0 spiro atoms. The number of halogens is 1. The van der Waals surface area contributed by atoms with Gasteiger partial charge >= 0.3 is 6.09 Å². The lowest BCUT2D eigenvalue weighted by Crippen LogP contribution is -2.49. The van der Waals surface area contributed by atoms with Crippen molar-refractivity contribution in [3.8, 4) is 18.2 Å². The Balaban J connectivity index is 1.73. The molecule has 0 aromatic heterocycles. The molecule has 1 heterocycles. The van der Waals surface area contributed by atoms with Gasteiger partial charge in [0.2, 0.25) is 0 Å². The fraction of sp³-hybridized carbons (Fsp3) is 0.231. The highest BCUT2D eigenvalue weighted by Crippen LogP contribution is 2.54. The lowest BCUT2D eigenvalue weighted by molar-refractivity contribution is 0.0898. The van der Waals surface area contributed by atoms with Crippen LogP contribution in [0.4, 0.5) is 4.79 Å². The zero-order valence-electron chi connectivity index (χ0n) is 18.1. The van der Waals surface area contributed by atoms with E-state index in [9.17, 15) is 20.6 Å². The van der Waals surface area contributed by atoms with Gasteiger partial charge in [-0.05, 0) is 28.8 Å². The minimum Gasteiger partial charge on any atom is -0.445 e. The quantitative estimate of drug-likeness (QED) is 0.642. The van der Waals surface area contributed by atoms with Crippen molar-refractivity contribution in [3.05, 3.63) is 93.1 Å². The maximum atomic E-state index is 12.9. The minimum absolute atomic E-state index is 0.0458. The van der Waals surface area contributed by atoms with Crippen molar-refractivity contribution in [1.82, 2.24) is 4.90 Å². The van der Waals surface area contributed by atoms with E-state index in [-0.39, 0.29) is 31.0 Å². The molecule has 7 nitrogen and oxygen atoms in total. The topological polar surface area (TPSA) is 127 Å². The highest BCUT2D eigenvalue weighted by Gasteiger charge is 2.54. The molecule has 0 fully saturated rings. The molecule has 2 atom stereocenters. The normalized spacial score (nSPS) is 20.8. The molecule has 1 amide bonds. The molecule has 0 saturated carbocycles. The number of nitrogens with zero attached hydrogens (tertiary/aromatic N) is 4. The van der Waals surface area contributed by atoms with Crippen LogP contribution in [0.2, 0.25) is 0 Å². The van der Waals surface area contributed by atoms with E-state index in [1.807, 2.05) is 54.6 Å². The molecular weight excluding hydrogens is 494 g/mol. The first-order valence-electron chi connectivity index (χ1n) is 10.6. The number of rotatable bonds is 3. The predicted molar refractivity (Wildman–Crippen MR) is 127 cm³/mol. The maximum Gasteiger partial charge on any atom is 0.410 e. The lowest BCUT2D eigenvalue weighted by atomic mass is 9.58. The van der Waals surface area contributed by atoms with Crippen LogP contribution in [0.25, 0.3) is 0 Å². The Morgan fingerprint density at radius 2 is 1.79 bits per heavy atom. The summed E-state index contributed by atoms with van der Waals surface area (Å²) < 4.78 is 6.35. The van der Waals surface area contributed by atoms with Gasteiger partial charge in [-0.25, -0.2) is 4.79 Å². The third kappa shape index (κ3) is 3.92. The van der Waals surface area contributed by atoms with Crippen molar-refractivity contribution < 1.29 is 9.53 Å². The van der Waals surface area contributed by atoms with Gasteiger partial charge in [-0.3, -0.25) is 0 Å². The zero-order chi connectivity index (χ0) is 24.3. The molecule has 34 heavy (non-hydrogen) atoms. The van der Waals surface area contributed by atoms with Crippen LogP contribution in [0.15, 0.2) is 82.0 Å². The number of hydrogen-bond donors (Lipinski definition) is 1. The number of ether oxygens (including phenoxy) is 1. The highest BCUT2D eigenvalue weighted by molar-refractivity contribution is 9.10. The number of nitriles is 3. The fourth-order valence-corrected chi connectivity index (χ4v) is 4.95. The third-order valence-corrected chi connectivity index (χ3v) is 6.89. The summed E-state index contributed by atoms with van der Waals surface area (Å²) in [5.41, 5.74) is 6.90. The number of carbonyl (C=O) groups is 1. The zero-order valence-corrected chi connectivity index (χ0v) is 19.7. The monoisotopic (exact) mass is 513 g/mol. The van der Waals surface area contributed by atoms with Crippen LogP contribution in [0.5, 0.6) is 0 Å². The second-order valence-corrected chi connectivity index (χ2v) is 9.09. The van der Waals surface area contributed by atoms with E-state index < -0.39 is 23.3 Å². The molecule has 0 saturated heterocycles. The molecule has 1 aliphatic heterocycles. The Labute approximate surface area is 206 Å². The Bertz CT molecular complexity index is 1280. The van der Waals surface area contributed by atoms with Crippen molar-refractivity contribution in [2.24, 2.45) is 17.1 Å². The SMILES string of the molecule is N#CC1=C(N)C(C#N)(C#N)[C@H](c2ccc(Br)cc2)[C@H]2CN(C(=O)OCc3ccccc3)CC=C12. The number of benzene rings is 2. The Hall–Kier alpha value is -4.06. The number of carbonyl (C=O) groups excluding carboxylic acids is 1. The summed E-state index contributed by atoms with van der Waals surface area (Å²) in [6.45, 7) is 0.547. The first-order valence-corrected chi connectivity index (χ1v) is 11.4. The van der Waals surface area contributed by atoms with Gasteiger partial charge in [-0.15, -0.1) is 0 Å². The Morgan fingerprint density at radius 1 is 1.12 bits per heavy atom. The van der Waals surface area contributed by atoms with Gasteiger partial charge in [0.15, 0.2) is 5.41 Å². The summed E-state index contributed by atoms with van der Waals surface area (Å²) in [5.74, 6) is -1.16. The largest absolute Gasteiger partial charge is 0.445 e. The van der Waals surface area contributed by atoms with Crippen molar-refractivity contribution >= 4 is 22.0 Å². The van der Waals surface area contributed by atoms with Gasteiger partial charge in [-0.2, -0.15) is 15.8 Å². The van der Waals surface area contributed by atoms with Crippen LogP contribution in [0.1, 0.15) is 17.0 Å². The molecule has 2 aromatic rings. The van der Waals surface area contributed by atoms with Gasteiger partial charge in [0.1, 0.15) is 12.7 Å². The summed E-state index contributed by atoms with van der Waals surface area (Å²) in [6, 6.07) is 23.0. The molecule has 1 aliphatic carbocycles. The van der Waals surface area contributed by atoms with Crippen LogP contribution in [0.3, 0.4) is 0 Å². The minimum atomic E-state index is -1.75. The Morgan fingerprint density at radius 3 is 2.41 bits per heavy atom. The number of nitrogens with two attached hydrogens (primary N) is 1. The summed E-state index contributed by atoms with van der Waals surface area (Å²) in [6.07, 6.45) is 1.27. The summed E-state index contributed by atoms with van der Waals surface area (Å²) in [4.78, 5) is 14.4. The molecule has 2 N–H and O–H groups in total. The Kier molecular flexibility index (Phi) is 6.41. The van der Waals surface area contributed by atoms with E-state index in [1.54, 1.807) is 6.08 Å². The van der Waals surface area contributed by atoms with Gasteiger partial charge in [0, 0.05) is 29.4 Å². The number of amides is 1. The predicted octanol–water partition coefficient (Wildman–Crippen LogP) is 4.51. The smallest absolute Gasteiger partial charge is 0.410 e. The van der Waals surface area contributed by atoms with Crippen LogP contribution in [-0.4, -0.2) is 24.1 Å². The second-order valence-electron chi connectivity index (χ2n) is 8.17. The third-order valence-electron chi connectivity index (χ3n) is 6.36. The second kappa shape index (κ2) is 9.43. The molecule has 4 rings (SSSR count). The van der Waals surface area contributed by atoms with Crippen molar-refractivity contribution in [3.63, 3.8) is 0 Å². The van der Waals surface area contributed by atoms with Crippen molar-refractivity contribution in [1.29, 1.82) is 15.8 Å². The van der Waals surface area contributed by atoms with E-state index in [0.717, 1.165) is 15.6 Å². The van der Waals surface area contributed by atoms with Crippen LogP contribution in [-0.2, 0) is 11.3 Å². The van der Waals surface area contributed by atoms with E-state index in [2.05, 4.69) is 34.1 Å². The fourth-order valence-electron chi connectivity index (χ4n) is 4.69. The highest BCUT2D eigenvalue weighted by atomic mass is 79.9. The summed E-state index contributed by atoms with van der Waals surface area (Å²) in [5, 5.41) is 30.2. The van der Waals surface area contributed by atoms with Crippen molar-refractivity contribution in [2.45, 2.75) is 12.5 Å². The lowest BCUT2D eigenvalue weighted by Gasteiger charge is -2.45. The molecule has 168 valence electrons. The van der Waals surface area contributed by atoms with E-state index >= 15 is 0 Å². The van der Waals surface area contributed by atoms with E-state index in [1.165, 1.54) is 4.90 Å². The standard InChI is InChI=1S/C26H20BrN5O2/c27-19-8-6-18(7-9-19)23-22-13-32(25(33)34-14-17-4-2-1-3-5-17)11-10-20(22)21(12-28)24(31)26(23,15-29)16-30/h1-10,22-23H,11,13-14,31H2/t22-,23+/m0/s1. The first-order chi connectivity index (χ1) is 16.4. The number of allylic oxidation sites excluding steroid dienone is 2. The molecule has 0 unspecified atom stereocenters. The van der Waals surface area contributed by atoms with Gasteiger partial charge in [0.05, 0.1) is 23.4 Å². The van der Waals surface area contributed by atoms with Crippen LogP contribution < -0.4 is 5.73 Å². The summed E-state index contributed by atoms with van der Waals surface area (Å²) in [7, 11) is 0. The molecule has 0 bridgehead atoms. The molecule has 8 heteroatoms. The maximum absolute atomic E-state index is 12.9. The average Bonchev–Trinajstić information content (AvgIpc) is 2.88. The van der Waals surface area contributed by atoms with Crippen molar-refractivity contribution in [2.75, 3.05) is 13.1 Å². The average molecular weight is 514 g/mol. The molecular formula is C26H20BrN5O2. The first kappa shape index (κ1) is 23.1.